The molecule has 1 N–H and O–H groups in total. The van der Waals surface area contributed by atoms with Gasteiger partial charge < -0.3 is 5.32 Å². The van der Waals surface area contributed by atoms with E-state index in [1.165, 1.54) is 17.8 Å². The molecule has 0 atom stereocenters. The van der Waals surface area contributed by atoms with E-state index in [0.29, 0.717) is 22.3 Å². The smallest absolute Gasteiger partial charge is 0.313 e. The Morgan fingerprint density at radius 2 is 1.95 bits per heavy atom. The van der Waals surface area contributed by atoms with Crippen molar-refractivity contribution in [2.75, 3.05) is 6.54 Å². The Labute approximate surface area is 122 Å². The summed E-state index contributed by atoms with van der Waals surface area (Å²) in [6, 6.07) is 4.73. The van der Waals surface area contributed by atoms with E-state index in [0.717, 1.165) is 32.2 Å². The molecule has 0 unspecified atom stereocenters. The summed E-state index contributed by atoms with van der Waals surface area (Å²) in [5.74, 6) is 0. The molecule has 5 heteroatoms. The number of nitrogens with one attached hydrogen (secondary N) is 1. The van der Waals surface area contributed by atoms with E-state index in [4.69, 9.17) is 0 Å². The lowest BCUT2D eigenvalue weighted by molar-refractivity contribution is -0.139. The fourth-order valence-electron chi connectivity index (χ4n) is 2.47. The normalized spacial score (nSPS) is 16.8. The molecule has 0 radical (unpaired) electrons. The van der Waals surface area contributed by atoms with Gasteiger partial charge in [-0.25, -0.2) is 0 Å². The van der Waals surface area contributed by atoms with Gasteiger partial charge in [-0.2, -0.15) is 13.2 Å². The molecular weight excluding hydrogens is 283 g/mol. The van der Waals surface area contributed by atoms with Crippen LogP contribution >= 0.6 is 11.8 Å². The Kier molecular flexibility index (Phi) is 5.38. The summed E-state index contributed by atoms with van der Waals surface area (Å²) in [4.78, 5) is 0.379. The van der Waals surface area contributed by atoms with Crippen LogP contribution in [-0.4, -0.2) is 11.8 Å². The second-order valence-electron chi connectivity index (χ2n) is 5.13. The number of halogens is 3. The van der Waals surface area contributed by atoms with Crippen molar-refractivity contribution >= 4 is 11.8 Å². The highest BCUT2D eigenvalue weighted by atomic mass is 32.2. The Balaban J connectivity index is 2.20. The molecule has 0 saturated heterocycles. The second-order valence-corrected chi connectivity index (χ2v) is 6.48. The predicted molar refractivity (Wildman–Crippen MR) is 76.9 cm³/mol. The van der Waals surface area contributed by atoms with Crippen molar-refractivity contribution in [2.45, 2.75) is 55.5 Å². The van der Waals surface area contributed by atoms with Gasteiger partial charge in [-0.15, -0.1) is 11.8 Å². The van der Waals surface area contributed by atoms with E-state index in [-0.39, 0.29) is 0 Å². The Morgan fingerprint density at radius 3 is 2.55 bits per heavy atom. The van der Waals surface area contributed by atoms with Crippen LogP contribution in [0.2, 0.25) is 0 Å². The predicted octanol–water partition coefficient (Wildman–Crippen LogP) is 4.85. The molecule has 0 spiro atoms. The minimum atomic E-state index is -4.27. The lowest BCUT2D eigenvalue weighted by Crippen LogP contribution is -2.14. The maximum absolute atomic E-state index is 13.2. The zero-order valence-electron chi connectivity index (χ0n) is 11.6. The van der Waals surface area contributed by atoms with Crippen LogP contribution in [0.1, 0.15) is 43.7 Å². The average Bonchev–Trinajstić information content (AvgIpc) is 2.89. The molecular formula is C15H20F3NS. The lowest BCUT2D eigenvalue weighted by atomic mass is 10.1. The van der Waals surface area contributed by atoms with E-state index < -0.39 is 11.7 Å². The summed E-state index contributed by atoms with van der Waals surface area (Å²) in [5.41, 5.74) is 0.208. The Morgan fingerprint density at radius 1 is 1.25 bits per heavy atom. The maximum Gasteiger partial charge on any atom is 0.417 e. The lowest BCUT2D eigenvalue weighted by Gasteiger charge is -2.17. The third-order valence-electron chi connectivity index (χ3n) is 3.52. The summed E-state index contributed by atoms with van der Waals surface area (Å²) >= 11 is 1.40. The van der Waals surface area contributed by atoms with Gasteiger partial charge in [0.15, 0.2) is 0 Å². The molecule has 1 aromatic rings. The van der Waals surface area contributed by atoms with Crippen molar-refractivity contribution in [3.05, 3.63) is 29.3 Å². The van der Waals surface area contributed by atoms with Gasteiger partial charge in [0.05, 0.1) is 5.56 Å². The maximum atomic E-state index is 13.2. The first-order valence-corrected chi connectivity index (χ1v) is 7.96. The van der Waals surface area contributed by atoms with Gasteiger partial charge in [-0.1, -0.05) is 25.8 Å². The third kappa shape index (κ3) is 4.16. The number of rotatable bonds is 5. The van der Waals surface area contributed by atoms with Crippen molar-refractivity contribution in [3.8, 4) is 0 Å². The molecule has 1 nitrogen and oxygen atoms in total. The van der Waals surface area contributed by atoms with Gasteiger partial charge in [-0.3, -0.25) is 0 Å². The fourth-order valence-corrected chi connectivity index (χ4v) is 3.84. The zero-order chi connectivity index (χ0) is 14.6. The van der Waals surface area contributed by atoms with Gasteiger partial charge in [-0.05, 0) is 37.1 Å². The number of hydrogen-bond acceptors (Lipinski definition) is 2. The summed E-state index contributed by atoms with van der Waals surface area (Å²) in [6.07, 6.45) is 0.0560. The molecule has 0 amide bonds. The SMILES string of the molecule is CCNCc1ccc(SC2CCCC2)c(C(F)(F)F)c1. The summed E-state index contributed by atoms with van der Waals surface area (Å²) in [7, 11) is 0. The second kappa shape index (κ2) is 6.85. The van der Waals surface area contributed by atoms with Crippen LogP contribution in [0.15, 0.2) is 23.1 Å². The molecule has 0 aromatic heterocycles. The zero-order valence-corrected chi connectivity index (χ0v) is 12.4. The van der Waals surface area contributed by atoms with Crippen LogP contribution in [-0.2, 0) is 12.7 Å². The molecule has 1 saturated carbocycles. The van der Waals surface area contributed by atoms with Gasteiger partial charge in [0.1, 0.15) is 0 Å². The molecule has 1 aliphatic carbocycles. The van der Waals surface area contributed by atoms with Crippen LogP contribution in [0, 0.1) is 0 Å². The summed E-state index contributed by atoms with van der Waals surface area (Å²) in [5, 5.41) is 3.40. The first-order valence-electron chi connectivity index (χ1n) is 7.08. The van der Waals surface area contributed by atoms with E-state index in [1.54, 1.807) is 12.1 Å². The standard InChI is InChI=1S/C15H20F3NS/c1-2-19-10-11-7-8-14(13(9-11)15(16,17)18)20-12-5-3-4-6-12/h7-9,12,19H,2-6,10H2,1H3. The summed E-state index contributed by atoms with van der Waals surface area (Å²) in [6.45, 7) is 3.17. The minimum absolute atomic E-state index is 0.343. The molecule has 0 aliphatic heterocycles. The van der Waals surface area contributed by atoms with Crippen molar-refractivity contribution in [1.29, 1.82) is 0 Å². The van der Waals surface area contributed by atoms with Crippen molar-refractivity contribution in [2.24, 2.45) is 0 Å². The number of benzene rings is 1. The quantitative estimate of drug-likeness (QED) is 0.834. The molecule has 0 heterocycles. The Bertz CT molecular complexity index is 439. The monoisotopic (exact) mass is 303 g/mol. The van der Waals surface area contributed by atoms with Crippen LogP contribution in [0.5, 0.6) is 0 Å². The van der Waals surface area contributed by atoms with Crippen molar-refractivity contribution < 1.29 is 13.2 Å². The molecule has 2 rings (SSSR count). The van der Waals surface area contributed by atoms with Crippen LogP contribution in [0.25, 0.3) is 0 Å². The molecule has 1 aromatic carbocycles. The Hall–Kier alpha value is -0.680. The fraction of sp³-hybridized carbons (Fsp3) is 0.600. The molecule has 20 heavy (non-hydrogen) atoms. The highest BCUT2D eigenvalue weighted by Crippen LogP contribution is 2.42. The van der Waals surface area contributed by atoms with Crippen molar-refractivity contribution in [3.63, 3.8) is 0 Å². The van der Waals surface area contributed by atoms with E-state index in [1.807, 2.05) is 6.92 Å². The topological polar surface area (TPSA) is 12.0 Å². The average molecular weight is 303 g/mol. The van der Waals surface area contributed by atoms with Crippen LogP contribution in [0.3, 0.4) is 0 Å². The molecule has 112 valence electrons. The molecule has 0 bridgehead atoms. The molecule has 1 fully saturated rings. The summed E-state index contributed by atoms with van der Waals surface area (Å²) < 4.78 is 39.6. The minimum Gasteiger partial charge on any atom is -0.313 e. The first kappa shape index (κ1) is 15.7. The van der Waals surface area contributed by atoms with Gasteiger partial charge in [0.25, 0.3) is 0 Å². The van der Waals surface area contributed by atoms with E-state index >= 15 is 0 Å². The molecule has 1 aliphatic rings. The van der Waals surface area contributed by atoms with Gasteiger partial charge in [0, 0.05) is 16.7 Å². The first-order chi connectivity index (χ1) is 9.50. The van der Waals surface area contributed by atoms with Crippen LogP contribution in [0.4, 0.5) is 13.2 Å². The highest BCUT2D eigenvalue weighted by Gasteiger charge is 2.34. The van der Waals surface area contributed by atoms with Gasteiger partial charge in [0.2, 0.25) is 0 Å². The number of hydrogen-bond donors (Lipinski definition) is 1. The van der Waals surface area contributed by atoms with Gasteiger partial charge >= 0.3 is 6.18 Å². The number of thioether (sulfide) groups is 1. The number of alkyl halides is 3. The van der Waals surface area contributed by atoms with E-state index in [9.17, 15) is 13.2 Å². The highest BCUT2D eigenvalue weighted by molar-refractivity contribution is 8.00. The van der Waals surface area contributed by atoms with Crippen LogP contribution < -0.4 is 5.32 Å². The largest absolute Gasteiger partial charge is 0.417 e. The van der Waals surface area contributed by atoms with Crippen molar-refractivity contribution in [1.82, 2.24) is 5.32 Å². The van der Waals surface area contributed by atoms with E-state index in [2.05, 4.69) is 5.32 Å². The third-order valence-corrected chi connectivity index (χ3v) is 4.94.